The molecule has 1 aromatic heterocycles. The summed E-state index contributed by atoms with van der Waals surface area (Å²) in [5, 5.41) is 13.1. The van der Waals surface area contributed by atoms with Gasteiger partial charge in [0.25, 0.3) is 0 Å². The molecular weight excluding hydrogens is 250 g/mol. The van der Waals surface area contributed by atoms with Crippen molar-refractivity contribution in [2.24, 2.45) is 0 Å². The molecule has 94 valence electrons. The minimum Gasteiger partial charge on any atom is -0.478 e. The number of carboxylic acids is 1. The van der Waals surface area contributed by atoms with Gasteiger partial charge in [0.05, 0.1) is 28.5 Å². The molecule has 0 radical (unpaired) electrons. The molecule has 0 unspecified atom stereocenters. The molecule has 2 aromatic rings. The molecule has 0 saturated carbocycles. The van der Waals surface area contributed by atoms with E-state index in [-0.39, 0.29) is 11.3 Å². The normalized spacial score (nSPS) is 10.3. The molecule has 6 heteroatoms. The Bertz CT molecular complexity index is 580. The number of nitrogens with one attached hydrogen (secondary N) is 1. The summed E-state index contributed by atoms with van der Waals surface area (Å²) in [5.41, 5.74) is 6.79. The highest BCUT2D eigenvalue weighted by molar-refractivity contribution is 7.11. The van der Waals surface area contributed by atoms with Crippen LogP contribution in [0.2, 0.25) is 0 Å². The Morgan fingerprint density at radius 2 is 2.33 bits per heavy atom. The number of aryl methyl sites for hydroxylation is 1. The third kappa shape index (κ3) is 2.60. The summed E-state index contributed by atoms with van der Waals surface area (Å²) in [6.07, 6.45) is 1.80. The molecule has 1 aromatic carbocycles. The van der Waals surface area contributed by atoms with Crippen LogP contribution in [-0.4, -0.2) is 16.1 Å². The highest BCUT2D eigenvalue weighted by Gasteiger charge is 2.10. The Labute approximate surface area is 108 Å². The summed E-state index contributed by atoms with van der Waals surface area (Å²) in [6.45, 7) is 2.52. The molecule has 0 fully saturated rings. The van der Waals surface area contributed by atoms with E-state index < -0.39 is 5.97 Å². The third-order valence-corrected chi connectivity index (χ3v) is 3.37. The second-order valence-electron chi connectivity index (χ2n) is 3.77. The summed E-state index contributed by atoms with van der Waals surface area (Å²) >= 11 is 1.59. The summed E-state index contributed by atoms with van der Waals surface area (Å²) in [7, 11) is 0. The molecule has 5 nitrogen and oxygen atoms in total. The molecular formula is C12H13N3O2S. The number of anilines is 2. The number of carbonyl (C=O) groups is 1. The van der Waals surface area contributed by atoms with E-state index in [2.05, 4.69) is 10.3 Å². The molecule has 0 spiro atoms. The molecule has 0 aliphatic heterocycles. The maximum atomic E-state index is 10.9. The lowest BCUT2D eigenvalue weighted by Crippen LogP contribution is -2.07. The monoisotopic (exact) mass is 263 g/mol. The fourth-order valence-electron chi connectivity index (χ4n) is 1.58. The second-order valence-corrected chi connectivity index (χ2v) is 5.09. The topological polar surface area (TPSA) is 88.2 Å². The second kappa shape index (κ2) is 5.05. The number of carboxylic acid groups (broad SMARTS) is 1. The van der Waals surface area contributed by atoms with Crippen molar-refractivity contribution in [1.82, 2.24) is 4.98 Å². The SMILES string of the molecule is Cc1ncc(CNc2cccc(C(=O)O)c2N)s1. The van der Waals surface area contributed by atoms with Crippen molar-refractivity contribution in [1.29, 1.82) is 0 Å². The largest absolute Gasteiger partial charge is 0.478 e. The van der Waals surface area contributed by atoms with Crippen molar-refractivity contribution in [3.8, 4) is 0 Å². The number of benzene rings is 1. The predicted molar refractivity (Wildman–Crippen MR) is 72.0 cm³/mol. The van der Waals surface area contributed by atoms with Gasteiger partial charge in [-0.05, 0) is 19.1 Å². The van der Waals surface area contributed by atoms with Crippen molar-refractivity contribution in [2.45, 2.75) is 13.5 Å². The zero-order valence-electron chi connectivity index (χ0n) is 9.80. The van der Waals surface area contributed by atoms with Crippen molar-refractivity contribution in [3.05, 3.63) is 39.8 Å². The zero-order valence-corrected chi connectivity index (χ0v) is 10.6. The molecule has 0 amide bonds. The highest BCUT2D eigenvalue weighted by Crippen LogP contribution is 2.24. The van der Waals surface area contributed by atoms with Crippen LogP contribution in [0, 0.1) is 6.92 Å². The molecule has 0 saturated heterocycles. The maximum Gasteiger partial charge on any atom is 0.337 e. The van der Waals surface area contributed by atoms with Crippen LogP contribution in [0.25, 0.3) is 0 Å². The number of aromatic nitrogens is 1. The average molecular weight is 263 g/mol. The zero-order chi connectivity index (χ0) is 13.1. The lowest BCUT2D eigenvalue weighted by molar-refractivity contribution is 0.0698. The Morgan fingerprint density at radius 1 is 1.56 bits per heavy atom. The maximum absolute atomic E-state index is 10.9. The van der Waals surface area contributed by atoms with Crippen LogP contribution >= 0.6 is 11.3 Å². The van der Waals surface area contributed by atoms with E-state index in [1.807, 2.05) is 6.92 Å². The fourth-order valence-corrected chi connectivity index (χ4v) is 2.31. The Hall–Kier alpha value is -2.08. The lowest BCUT2D eigenvalue weighted by atomic mass is 10.1. The van der Waals surface area contributed by atoms with E-state index in [0.29, 0.717) is 12.2 Å². The van der Waals surface area contributed by atoms with Crippen molar-refractivity contribution in [3.63, 3.8) is 0 Å². The van der Waals surface area contributed by atoms with Gasteiger partial charge >= 0.3 is 5.97 Å². The summed E-state index contributed by atoms with van der Waals surface area (Å²) in [4.78, 5) is 16.2. The first kappa shape index (κ1) is 12.4. The van der Waals surface area contributed by atoms with E-state index in [1.165, 1.54) is 6.07 Å². The van der Waals surface area contributed by atoms with Gasteiger partial charge in [-0.1, -0.05) is 6.07 Å². The first-order chi connectivity index (χ1) is 8.58. The van der Waals surface area contributed by atoms with Crippen LogP contribution in [0.5, 0.6) is 0 Å². The number of nitrogens with zero attached hydrogens (tertiary/aromatic N) is 1. The number of rotatable bonds is 4. The Kier molecular flexibility index (Phi) is 3.47. The van der Waals surface area contributed by atoms with Crippen LogP contribution in [0.1, 0.15) is 20.2 Å². The Morgan fingerprint density at radius 3 is 2.94 bits per heavy atom. The first-order valence-corrected chi connectivity index (χ1v) is 6.16. The van der Waals surface area contributed by atoms with Gasteiger partial charge < -0.3 is 16.2 Å². The Balaban J connectivity index is 2.14. The number of para-hydroxylation sites is 1. The van der Waals surface area contributed by atoms with Gasteiger partial charge in [-0.2, -0.15) is 0 Å². The van der Waals surface area contributed by atoms with E-state index in [4.69, 9.17) is 10.8 Å². The van der Waals surface area contributed by atoms with Gasteiger partial charge in [0, 0.05) is 11.1 Å². The van der Waals surface area contributed by atoms with Gasteiger partial charge in [-0.3, -0.25) is 0 Å². The minimum atomic E-state index is -1.02. The van der Waals surface area contributed by atoms with Crippen LogP contribution in [-0.2, 0) is 6.54 Å². The van der Waals surface area contributed by atoms with E-state index in [1.54, 1.807) is 29.7 Å². The van der Waals surface area contributed by atoms with Gasteiger partial charge in [0.2, 0.25) is 0 Å². The van der Waals surface area contributed by atoms with Crippen LogP contribution in [0.4, 0.5) is 11.4 Å². The van der Waals surface area contributed by atoms with E-state index in [0.717, 1.165) is 9.88 Å². The molecule has 0 aliphatic carbocycles. The smallest absolute Gasteiger partial charge is 0.337 e. The first-order valence-electron chi connectivity index (χ1n) is 5.35. The number of thiazole rings is 1. The molecule has 1 heterocycles. The molecule has 4 N–H and O–H groups in total. The van der Waals surface area contributed by atoms with Crippen LogP contribution in [0.15, 0.2) is 24.4 Å². The quantitative estimate of drug-likeness (QED) is 0.737. The number of nitrogen functional groups attached to an aromatic ring is 1. The molecule has 2 rings (SSSR count). The van der Waals surface area contributed by atoms with Crippen LogP contribution < -0.4 is 11.1 Å². The van der Waals surface area contributed by atoms with Gasteiger partial charge in [-0.25, -0.2) is 9.78 Å². The minimum absolute atomic E-state index is 0.112. The number of aromatic carboxylic acids is 1. The van der Waals surface area contributed by atoms with Crippen LogP contribution in [0.3, 0.4) is 0 Å². The highest BCUT2D eigenvalue weighted by atomic mass is 32.1. The summed E-state index contributed by atoms with van der Waals surface area (Å²) < 4.78 is 0. The molecule has 0 aliphatic rings. The van der Waals surface area contributed by atoms with E-state index >= 15 is 0 Å². The van der Waals surface area contributed by atoms with Gasteiger partial charge in [0.1, 0.15) is 0 Å². The number of hydrogen-bond acceptors (Lipinski definition) is 5. The van der Waals surface area contributed by atoms with Crippen molar-refractivity contribution in [2.75, 3.05) is 11.1 Å². The van der Waals surface area contributed by atoms with Crippen molar-refractivity contribution >= 4 is 28.7 Å². The van der Waals surface area contributed by atoms with Gasteiger partial charge in [0.15, 0.2) is 0 Å². The molecule has 18 heavy (non-hydrogen) atoms. The standard InChI is InChI=1S/C12H13N3O2S/c1-7-14-5-8(18-7)6-15-10-4-2-3-9(11(10)13)12(16)17/h2-5,15H,6,13H2,1H3,(H,16,17). The summed E-state index contributed by atoms with van der Waals surface area (Å²) in [6, 6.07) is 4.91. The fraction of sp³-hybridized carbons (Fsp3) is 0.167. The van der Waals surface area contributed by atoms with Crippen molar-refractivity contribution < 1.29 is 9.90 Å². The number of hydrogen-bond donors (Lipinski definition) is 3. The van der Waals surface area contributed by atoms with Gasteiger partial charge in [-0.15, -0.1) is 11.3 Å². The van der Waals surface area contributed by atoms with E-state index in [9.17, 15) is 4.79 Å². The summed E-state index contributed by atoms with van der Waals surface area (Å²) in [5.74, 6) is -1.02. The molecule has 0 atom stereocenters. The molecule has 0 bridgehead atoms. The average Bonchev–Trinajstić information content (AvgIpc) is 2.73. The predicted octanol–water partition coefficient (Wildman–Crippen LogP) is 2.34. The lowest BCUT2D eigenvalue weighted by Gasteiger charge is -2.09. The third-order valence-electron chi connectivity index (χ3n) is 2.46. The number of nitrogens with two attached hydrogens (primary N) is 1.